The van der Waals surface area contributed by atoms with Gasteiger partial charge in [-0.05, 0) is 34.9 Å². The van der Waals surface area contributed by atoms with Gasteiger partial charge >= 0.3 is 0 Å². The number of nitrogens with zero attached hydrogens (tertiary/aromatic N) is 3. The molecule has 0 aliphatic carbocycles. The van der Waals surface area contributed by atoms with Crippen LogP contribution >= 0.6 is 0 Å². The van der Waals surface area contributed by atoms with Gasteiger partial charge in [0.1, 0.15) is 5.75 Å². The first kappa shape index (κ1) is 23.1. The summed E-state index contributed by atoms with van der Waals surface area (Å²) in [4.78, 5) is 33.4. The maximum Gasteiger partial charge on any atom is 0.254 e. The van der Waals surface area contributed by atoms with E-state index in [1.165, 1.54) is 5.56 Å². The molecule has 0 aromatic heterocycles. The number of amides is 2. The highest BCUT2D eigenvalue weighted by atomic mass is 16.5. The summed E-state index contributed by atoms with van der Waals surface area (Å²) in [5.74, 6) is 0.314. The number of likely N-dealkylation sites (N-methyl/N-ethyl adjacent to an activating group) is 1. The van der Waals surface area contributed by atoms with Crippen LogP contribution in [0.1, 0.15) is 39.0 Å². The molecule has 0 unspecified atom stereocenters. The first-order valence-corrected chi connectivity index (χ1v) is 12.1. The van der Waals surface area contributed by atoms with Gasteiger partial charge in [0.25, 0.3) is 5.91 Å². The summed E-state index contributed by atoms with van der Waals surface area (Å²) in [5.41, 5.74) is 3.64. The monoisotopic (exact) mass is 469 g/mol. The highest BCUT2D eigenvalue weighted by Gasteiger charge is 2.44. The second kappa shape index (κ2) is 9.92. The molecule has 5 rings (SSSR count). The molecule has 3 aromatic rings. The van der Waals surface area contributed by atoms with E-state index in [0.29, 0.717) is 18.7 Å². The standard InChI is InChI=1S/C29H31N3O3/c1-30-27(22-12-14-23(35-2)15-13-22)26(24-10-6-7-11-25(24)28(30)33)29(34)32-18-16-31(17-19-32)20-21-8-4-3-5-9-21/h3-15,26-27H,16-20H2,1-2H3/t26-,27+/m0/s1. The average Bonchev–Trinajstić information content (AvgIpc) is 2.91. The van der Waals surface area contributed by atoms with E-state index < -0.39 is 5.92 Å². The van der Waals surface area contributed by atoms with E-state index >= 15 is 0 Å². The van der Waals surface area contributed by atoms with Gasteiger partial charge in [0.2, 0.25) is 5.91 Å². The maximum absolute atomic E-state index is 14.1. The van der Waals surface area contributed by atoms with Gasteiger partial charge in [0.05, 0.1) is 19.1 Å². The van der Waals surface area contributed by atoms with Crippen molar-refractivity contribution in [2.24, 2.45) is 0 Å². The number of piperazine rings is 1. The second-order valence-corrected chi connectivity index (χ2v) is 9.29. The van der Waals surface area contributed by atoms with Gasteiger partial charge in [-0.15, -0.1) is 0 Å². The third kappa shape index (κ3) is 4.54. The SMILES string of the molecule is COc1ccc([C@@H]2[C@@H](C(=O)N3CCN(Cc4ccccc4)CC3)c3ccccc3C(=O)N2C)cc1. The lowest BCUT2D eigenvalue weighted by atomic mass is 9.79. The summed E-state index contributed by atoms with van der Waals surface area (Å²) in [5, 5.41) is 0. The van der Waals surface area contributed by atoms with Crippen LogP contribution in [-0.2, 0) is 11.3 Å². The summed E-state index contributed by atoms with van der Waals surface area (Å²) in [6.07, 6.45) is 0. The predicted octanol–water partition coefficient (Wildman–Crippen LogP) is 3.95. The van der Waals surface area contributed by atoms with E-state index in [9.17, 15) is 9.59 Å². The van der Waals surface area contributed by atoms with Gasteiger partial charge in [-0.3, -0.25) is 14.5 Å². The van der Waals surface area contributed by atoms with Crippen LogP contribution in [-0.4, -0.2) is 66.9 Å². The number of hydrogen-bond donors (Lipinski definition) is 0. The lowest BCUT2D eigenvalue weighted by molar-refractivity contribution is -0.136. The van der Waals surface area contributed by atoms with Crippen molar-refractivity contribution >= 4 is 11.8 Å². The molecule has 0 bridgehead atoms. The van der Waals surface area contributed by atoms with Crippen molar-refractivity contribution in [1.82, 2.24) is 14.7 Å². The quantitative estimate of drug-likeness (QED) is 0.568. The summed E-state index contributed by atoms with van der Waals surface area (Å²) < 4.78 is 5.32. The Kier molecular flexibility index (Phi) is 6.55. The molecule has 2 aliphatic rings. The van der Waals surface area contributed by atoms with Crippen LogP contribution in [0.15, 0.2) is 78.9 Å². The average molecular weight is 470 g/mol. The minimum atomic E-state index is -0.456. The lowest BCUT2D eigenvalue weighted by Gasteiger charge is -2.43. The molecule has 2 atom stereocenters. The molecule has 2 amide bonds. The van der Waals surface area contributed by atoms with Gasteiger partial charge in [-0.1, -0.05) is 60.7 Å². The van der Waals surface area contributed by atoms with E-state index in [-0.39, 0.29) is 17.9 Å². The molecular formula is C29H31N3O3. The third-order valence-electron chi connectivity index (χ3n) is 7.24. The molecule has 2 heterocycles. The third-order valence-corrected chi connectivity index (χ3v) is 7.24. The Hall–Kier alpha value is -3.64. The molecular weight excluding hydrogens is 438 g/mol. The van der Waals surface area contributed by atoms with Crippen molar-refractivity contribution in [2.75, 3.05) is 40.3 Å². The number of rotatable bonds is 5. The molecule has 0 N–H and O–H groups in total. The number of carbonyl (C=O) groups is 2. The lowest BCUT2D eigenvalue weighted by Crippen LogP contribution is -2.52. The Bertz CT molecular complexity index is 1190. The second-order valence-electron chi connectivity index (χ2n) is 9.29. The Morgan fingerprint density at radius 3 is 2.23 bits per heavy atom. The van der Waals surface area contributed by atoms with E-state index in [1.807, 2.05) is 59.5 Å². The van der Waals surface area contributed by atoms with Crippen LogP contribution in [0.5, 0.6) is 5.75 Å². The van der Waals surface area contributed by atoms with Gasteiger partial charge in [0.15, 0.2) is 0 Å². The normalized spacial score (nSPS) is 20.5. The number of methoxy groups -OCH3 is 1. The van der Waals surface area contributed by atoms with Gasteiger partial charge in [-0.25, -0.2) is 0 Å². The van der Waals surface area contributed by atoms with Crippen LogP contribution in [0.4, 0.5) is 0 Å². The number of ether oxygens (including phenoxy) is 1. The molecule has 2 aliphatic heterocycles. The van der Waals surface area contributed by atoms with Crippen molar-refractivity contribution in [1.29, 1.82) is 0 Å². The van der Waals surface area contributed by atoms with Crippen LogP contribution in [0.2, 0.25) is 0 Å². The number of fused-ring (bicyclic) bond motifs is 1. The van der Waals surface area contributed by atoms with E-state index in [0.717, 1.165) is 36.5 Å². The fourth-order valence-electron chi connectivity index (χ4n) is 5.32. The van der Waals surface area contributed by atoms with Gasteiger partial charge in [-0.2, -0.15) is 0 Å². The fraction of sp³-hybridized carbons (Fsp3) is 0.310. The zero-order valence-electron chi connectivity index (χ0n) is 20.3. The number of hydrogen-bond acceptors (Lipinski definition) is 4. The zero-order valence-corrected chi connectivity index (χ0v) is 20.3. The minimum absolute atomic E-state index is 0.0573. The zero-order chi connectivity index (χ0) is 24.4. The van der Waals surface area contributed by atoms with Gasteiger partial charge < -0.3 is 14.5 Å². The van der Waals surface area contributed by atoms with Crippen LogP contribution in [0.3, 0.4) is 0 Å². The van der Waals surface area contributed by atoms with Crippen LogP contribution in [0, 0.1) is 0 Å². The van der Waals surface area contributed by atoms with Crippen molar-refractivity contribution < 1.29 is 14.3 Å². The molecule has 0 radical (unpaired) electrons. The summed E-state index contributed by atoms with van der Waals surface area (Å²) in [6.45, 7) is 3.91. The Morgan fingerprint density at radius 2 is 1.54 bits per heavy atom. The molecule has 1 fully saturated rings. The number of carbonyl (C=O) groups excluding carboxylic acids is 2. The largest absolute Gasteiger partial charge is 0.497 e. The Morgan fingerprint density at radius 1 is 0.886 bits per heavy atom. The van der Waals surface area contributed by atoms with E-state index in [4.69, 9.17) is 4.74 Å². The van der Waals surface area contributed by atoms with Crippen molar-refractivity contribution in [2.45, 2.75) is 18.5 Å². The molecule has 6 heteroatoms. The Labute approximate surface area is 206 Å². The van der Waals surface area contributed by atoms with Crippen molar-refractivity contribution in [3.05, 3.63) is 101 Å². The molecule has 1 saturated heterocycles. The van der Waals surface area contributed by atoms with Crippen molar-refractivity contribution in [3.63, 3.8) is 0 Å². The minimum Gasteiger partial charge on any atom is -0.497 e. The molecule has 0 spiro atoms. The molecule has 0 saturated carbocycles. The first-order valence-electron chi connectivity index (χ1n) is 12.1. The Balaban J connectivity index is 1.41. The molecule has 6 nitrogen and oxygen atoms in total. The highest BCUT2D eigenvalue weighted by Crippen LogP contribution is 2.43. The van der Waals surface area contributed by atoms with Crippen molar-refractivity contribution in [3.8, 4) is 5.75 Å². The topological polar surface area (TPSA) is 53.1 Å². The highest BCUT2D eigenvalue weighted by molar-refractivity contribution is 6.01. The molecule has 180 valence electrons. The molecule has 35 heavy (non-hydrogen) atoms. The summed E-state index contributed by atoms with van der Waals surface area (Å²) in [7, 11) is 3.43. The summed E-state index contributed by atoms with van der Waals surface area (Å²) in [6, 6.07) is 25.3. The fourth-order valence-corrected chi connectivity index (χ4v) is 5.32. The van der Waals surface area contributed by atoms with E-state index in [1.54, 1.807) is 19.1 Å². The van der Waals surface area contributed by atoms with Crippen LogP contribution < -0.4 is 4.74 Å². The first-order chi connectivity index (χ1) is 17.1. The van der Waals surface area contributed by atoms with Crippen LogP contribution in [0.25, 0.3) is 0 Å². The number of benzene rings is 3. The van der Waals surface area contributed by atoms with E-state index in [2.05, 4.69) is 29.2 Å². The molecule has 3 aromatic carbocycles. The maximum atomic E-state index is 14.1. The van der Waals surface area contributed by atoms with Gasteiger partial charge in [0, 0.05) is 45.3 Å². The predicted molar refractivity (Wildman–Crippen MR) is 135 cm³/mol. The smallest absolute Gasteiger partial charge is 0.254 e. The summed E-state index contributed by atoms with van der Waals surface area (Å²) >= 11 is 0.